The summed E-state index contributed by atoms with van der Waals surface area (Å²) in [5.74, 6) is 0. The van der Waals surface area contributed by atoms with E-state index in [1.54, 1.807) is 5.30 Å². The first-order chi connectivity index (χ1) is 10.3. The molecule has 0 aromatic heterocycles. The van der Waals surface area contributed by atoms with Gasteiger partial charge in [0.15, 0.2) is 0 Å². The maximum absolute atomic E-state index is 2.99. The number of hydrogen-bond donors (Lipinski definition) is 0. The van der Waals surface area contributed by atoms with Gasteiger partial charge in [0, 0.05) is 0 Å². The second kappa shape index (κ2) is 15.5. The van der Waals surface area contributed by atoms with Crippen LogP contribution in [0, 0.1) is 6.08 Å². The zero-order valence-corrected chi connectivity index (χ0v) is 19.3. The van der Waals surface area contributed by atoms with Crippen LogP contribution in [0.25, 0.3) is 10.8 Å². The molecule has 0 nitrogen and oxygen atoms in total. The molecule has 0 saturated heterocycles. The van der Waals surface area contributed by atoms with Gasteiger partial charge in [0.2, 0.25) is 0 Å². The summed E-state index contributed by atoms with van der Waals surface area (Å²) in [5, 5.41) is 4.44. The van der Waals surface area contributed by atoms with Gasteiger partial charge >= 0.3 is 26.2 Å². The maximum Gasteiger partial charge on any atom is 4.00 e. The summed E-state index contributed by atoms with van der Waals surface area (Å²) in [6, 6.07) is 13.5. The Morgan fingerprint density at radius 1 is 1.08 bits per heavy atom. The molecule has 0 bridgehead atoms. The van der Waals surface area contributed by atoms with Crippen molar-refractivity contribution in [1.82, 2.24) is 0 Å². The van der Waals surface area contributed by atoms with Gasteiger partial charge in [-0.25, -0.2) is 12.2 Å². The first-order valence-corrected chi connectivity index (χ1v) is 9.68. The van der Waals surface area contributed by atoms with Crippen LogP contribution in [0.3, 0.4) is 0 Å². The predicted octanol–water partition coefficient (Wildman–Crippen LogP) is -0.203. The minimum Gasteiger partial charge on any atom is -1.00 e. The Morgan fingerprint density at radius 3 is 2.21 bits per heavy atom. The van der Waals surface area contributed by atoms with E-state index < -0.39 is 0 Å². The molecule has 0 atom stereocenters. The summed E-state index contributed by atoms with van der Waals surface area (Å²) in [5.41, 5.74) is 0. The Bertz CT molecular complexity index is 555. The average molecular weight is 459 g/mol. The number of halogens is 2. The molecule has 3 rings (SSSR count). The molecule has 0 radical (unpaired) electrons. The van der Waals surface area contributed by atoms with Crippen LogP contribution in [0.5, 0.6) is 0 Å². The van der Waals surface area contributed by atoms with Crippen LogP contribution in [0.15, 0.2) is 54.6 Å². The van der Waals surface area contributed by atoms with Gasteiger partial charge in [0.1, 0.15) is 0 Å². The molecule has 24 heavy (non-hydrogen) atoms. The van der Waals surface area contributed by atoms with Gasteiger partial charge in [0.05, 0.1) is 0 Å². The van der Waals surface area contributed by atoms with Crippen molar-refractivity contribution in [3.05, 3.63) is 60.7 Å². The van der Waals surface area contributed by atoms with E-state index in [0.717, 1.165) is 6.42 Å². The van der Waals surface area contributed by atoms with Gasteiger partial charge in [-0.2, -0.15) is 12.1 Å². The van der Waals surface area contributed by atoms with Crippen molar-refractivity contribution in [2.24, 2.45) is 0 Å². The summed E-state index contributed by atoms with van der Waals surface area (Å²) in [7, 11) is 0.0972. The smallest absolute Gasteiger partial charge is 1.00 e. The van der Waals surface area contributed by atoms with Crippen LogP contribution in [0.2, 0.25) is 0 Å². The van der Waals surface area contributed by atoms with Crippen LogP contribution in [0.1, 0.15) is 33.1 Å². The molecule has 0 saturated carbocycles. The first-order valence-electron chi connectivity index (χ1n) is 7.97. The molecule has 2 aromatic rings. The minimum absolute atomic E-state index is 0. The topological polar surface area (TPSA) is 0 Å². The van der Waals surface area contributed by atoms with Crippen LogP contribution in [0.4, 0.5) is 0 Å². The molecule has 0 N–H and O–H groups in total. The van der Waals surface area contributed by atoms with E-state index in [0.29, 0.717) is 0 Å². The fraction of sp³-hybridized carbons (Fsp3) is 0.350. The van der Waals surface area contributed by atoms with E-state index in [9.17, 15) is 0 Å². The molecular weight excluding hydrogens is 433 g/mol. The van der Waals surface area contributed by atoms with Crippen molar-refractivity contribution in [2.45, 2.75) is 33.1 Å². The standard InChI is InChI=1S/C15H20P.C5H5.2ClH.Zr/c1-3-9-16(10-4-2)15-11-13-7-5-6-8-14(13)12-15;1-2-4-5-3-1;;;/h5-8,11-12H,3-4,9-10H2,1-2H3;1-3H,4H2;2*1H;/q2*-1;;;+4/p-2. The van der Waals surface area contributed by atoms with Crippen LogP contribution >= 0.6 is 7.92 Å². The van der Waals surface area contributed by atoms with Gasteiger partial charge < -0.3 is 24.8 Å². The Kier molecular flexibility index (Phi) is 17.0. The van der Waals surface area contributed by atoms with Gasteiger partial charge in [-0.15, -0.1) is 46.8 Å². The number of rotatable bonds is 5. The molecular formula is C20H25Cl2PZr. The maximum atomic E-state index is 2.99. The van der Waals surface area contributed by atoms with E-state index in [1.165, 1.54) is 35.9 Å². The monoisotopic (exact) mass is 456 g/mol. The SMILES string of the molecule is CCCP(CCC)c1cc2ccccc2[cH-]1.[C-]1=CC=CC1.[Cl-].[Cl-].[Zr+4]. The zero-order chi connectivity index (χ0) is 14.9. The fourth-order valence-corrected chi connectivity index (χ4v) is 5.03. The molecule has 4 heteroatoms. The molecule has 0 fully saturated rings. The van der Waals surface area contributed by atoms with E-state index >= 15 is 0 Å². The van der Waals surface area contributed by atoms with E-state index in [2.05, 4.69) is 62.4 Å². The third-order valence-corrected chi connectivity index (χ3v) is 6.50. The normalized spacial score (nSPS) is 11.3. The molecule has 1 aliphatic carbocycles. The molecule has 0 spiro atoms. The molecule has 0 aliphatic heterocycles. The van der Waals surface area contributed by atoms with E-state index in [-0.39, 0.29) is 58.9 Å². The van der Waals surface area contributed by atoms with Gasteiger partial charge in [-0.1, -0.05) is 40.7 Å². The molecule has 0 unspecified atom stereocenters. The van der Waals surface area contributed by atoms with Crippen LogP contribution in [-0.4, -0.2) is 12.3 Å². The number of hydrogen-bond acceptors (Lipinski definition) is 0. The summed E-state index contributed by atoms with van der Waals surface area (Å²) < 4.78 is 0. The third-order valence-electron chi connectivity index (χ3n) is 3.54. The number of benzene rings is 1. The Labute approximate surface area is 180 Å². The molecule has 128 valence electrons. The summed E-state index contributed by atoms with van der Waals surface area (Å²) in [6.45, 7) is 4.60. The van der Waals surface area contributed by atoms with Crippen molar-refractivity contribution in [3.8, 4) is 0 Å². The second-order valence-electron chi connectivity index (χ2n) is 5.33. The third kappa shape index (κ3) is 8.53. The Morgan fingerprint density at radius 2 is 1.75 bits per heavy atom. The average Bonchev–Trinajstić information content (AvgIpc) is 3.19. The summed E-state index contributed by atoms with van der Waals surface area (Å²) in [4.78, 5) is 0. The number of allylic oxidation sites excluding steroid dienone is 4. The summed E-state index contributed by atoms with van der Waals surface area (Å²) in [6.07, 6.45) is 15.4. The van der Waals surface area contributed by atoms with Gasteiger partial charge in [0.25, 0.3) is 0 Å². The Balaban J connectivity index is 0. The number of fused-ring (bicyclic) bond motifs is 1. The minimum atomic E-state index is 0. The molecule has 1 aliphatic rings. The first kappa shape index (κ1) is 26.4. The summed E-state index contributed by atoms with van der Waals surface area (Å²) >= 11 is 0. The van der Waals surface area contributed by atoms with Crippen molar-refractivity contribution >= 4 is 24.0 Å². The van der Waals surface area contributed by atoms with Crippen molar-refractivity contribution < 1.29 is 51.0 Å². The molecule has 0 heterocycles. The van der Waals surface area contributed by atoms with Gasteiger partial charge in [-0.05, 0) is 12.3 Å². The van der Waals surface area contributed by atoms with Crippen molar-refractivity contribution in [3.63, 3.8) is 0 Å². The molecule has 2 aromatic carbocycles. The Hall–Kier alpha value is 0.203. The van der Waals surface area contributed by atoms with Crippen LogP contribution in [-0.2, 0) is 26.2 Å². The van der Waals surface area contributed by atoms with E-state index in [4.69, 9.17) is 0 Å². The fourth-order valence-electron chi connectivity index (χ4n) is 2.57. The van der Waals surface area contributed by atoms with Crippen molar-refractivity contribution in [1.29, 1.82) is 0 Å². The zero-order valence-electron chi connectivity index (χ0n) is 14.4. The van der Waals surface area contributed by atoms with Crippen molar-refractivity contribution in [2.75, 3.05) is 12.3 Å². The van der Waals surface area contributed by atoms with Crippen LogP contribution < -0.4 is 30.1 Å². The largest absolute Gasteiger partial charge is 4.00 e. The van der Waals surface area contributed by atoms with Gasteiger partial charge in [-0.3, -0.25) is 6.08 Å². The van der Waals surface area contributed by atoms with E-state index in [1.807, 2.05) is 12.2 Å². The predicted molar refractivity (Wildman–Crippen MR) is 98.0 cm³/mol. The quantitative estimate of drug-likeness (QED) is 0.430. The second-order valence-corrected chi connectivity index (χ2v) is 7.82. The molecule has 0 amide bonds.